The molecule has 0 bridgehead atoms. The summed E-state index contributed by atoms with van der Waals surface area (Å²) in [7, 11) is 1.85. The second-order valence-corrected chi connectivity index (χ2v) is 10.3. The van der Waals surface area contributed by atoms with E-state index >= 15 is 0 Å². The van der Waals surface area contributed by atoms with Crippen molar-refractivity contribution in [2.45, 2.75) is 30.5 Å². The molecule has 40 heavy (non-hydrogen) atoms. The molecule has 1 unspecified atom stereocenters. The Balaban J connectivity index is 0.989. The molecule has 4 atom stereocenters. The number of ether oxygens (including phenoxy) is 2. The molecule has 0 saturated carbocycles. The van der Waals surface area contributed by atoms with Crippen molar-refractivity contribution in [1.82, 2.24) is 24.8 Å². The minimum Gasteiger partial charge on any atom is -0.449 e. The predicted molar refractivity (Wildman–Crippen MR) is 148 cm³/mol. The number of aliphatic hydroxyl groups is 2. The minimum absolute atomic E-state index is 0.000424. The molecule has 1 aliphatic heterocycles. The summed E-state index contributed by atoms with van der Waals surface area (Å²) in [5.41, 5.74) is 12.1. The predicted octanol–water partition coefficient (Wildman–Crippen LogP) is 2.10. The molecule has 5 N–H and O–H groups in total. The molecule has 1 saturated heterocycles. The van der Waals surface area contributed by atoms with E-state index in [1.165, 1.54) is 17.5 Å². The van der Waals surface area contributed by atoms with Gasteiger partial charge in [-0.3, -0.25) is 4.57 Å². The number of hydrogen-bond donors (Lipinski definition) is 4. The van der Waals surface area contributed by atoms with Crippen LogP contribution in [0.4, 0.5) is 10.5 Å². The Labute approximate surface area is 231 Å². The average Bonchev–Trinajstić information content (AvgIpc) is 3.61. The van der Waals surface area contributed by atoms with Crippen molar-refractivity contribution in [2.24, 2.45) is 0 Å². The van der Waals surface area contributed by atoms with Crippen LogP contribution < -0.4 is 11.1 Å². The van der Waals surface area contributed by atoms with Gasteiger partial charge in [-0.2, -0.15) is 0 Å². The molecule has 2 aromatic heterocycles. The highest BCUT2D eigenvalue weighted by Gasteiger charge is 2.44. The summed E-state index contributed by atoms with van der Waals surface area (Å²) in [6.07, 6.45) is -1.22. The molecule has 208 valence electrons. The van der Waals surface area contributed by atoms with Gasteiger partial charge in [0.05, 0.1) is 12.0 Å². The number of imidazole rings is 1. The number of rotatable bonds is 8. The lowest BCUT2D eigenvalue weighted by atomic mass is 9.98. The van der Waals surface area contributed by atoms with Crippen molar-refractivity contribution in [3.8, 4) is 11.1 Å². The number of anilines is 1. The van der Waals surface area contributed by atoms with Crippen molar-refractivity contribution in [3.05, 3.63) is 78.2 Å². The van der Waals surface area contributed by atoms with E-state index in [0.717, 1.165) is 11.1 Å². The van der Waals surface area contributed by atoms with Gasteiger partial charge in [0.2, 0.25) is 0 Å². The van der Waals surface area contributed by atoms with E-state index < -0.39 is 30.6 Å². The van der Waals surface area contributed by atoms with Gasteiger partial charge in [-0.15, -0.1) is 0 Å². The second-order valence-electron chi connectivity index (χ2n) is 10.3. The van der Waals surface area contributed by atoms with Crippen molar-refractivity contribution < 1.29 is 24.5 Å². The van der Waals surface area contributed by atoms with E-state index in [2.05, 4.69) is 39.6 Å². The number of hydrogen-bond acceptors (Lipinski definition) is 9. The van der Waals surface area contributed by atoms with E-state index in [1.807, 2.05) is 36.2 Å². The van der Waals surface area contributed by atoms with Crippen molar-refractivity contribution in [3.63, 3.8) is 0 Å². The number of nitrogens with one attached hydrogen (secondary N) is 1. The van der Waals surface area contributed by atoms with Gasteiger partial charge < -0.3 is 35.6 Å². The highest BCUT2D eigenvalue weighted by atomic mass is 16.6. The van der Waals surface area contributed by atoms with Gasteiger partial charge >= 0.3 is 6.09 Å². The zero-order valence-electron chi connectivity index (χ0n) is 22.1. The maximum Gasteiger partial charge on any atom is 0.407 e. The monoisotopic (exact) mass is 544 g/mol. The first-order valence-electron chi connectivity index (χ1n) is 13.3. The number of fused-ring (bicyclic) bond motifs is 4. The normalized spacial score (nSPS) is 22.0. The quantitative estimate of drug-likeness (QED) is 0.262. The van der Waals surface area contributed by atoms with Crippen molar-refractivity contribution in [1.29, 1.82) is 0 Å². The van der Waals surface area contributed by atoms with Gasteiger partial charge in [0.15, 0.2) is 11.9 Å². The van der Waals surface area contributed by atoms with Crippen LogP contribution in [-0.4, -0.2) is 87.3 Å². The van der Waals surface area contributed by atoms with Crippen LogP contribution in [0.3, 0.4) is 0 Å². The standard InChI is InChI=1S/C29H32N6O5/c1-34(14-23-25(36)26(37)28(40-23)35-16-33-24-22(30)10-11-31-27(24)35)13-12-32-29(38)39-15-21-19-8-4-2-6-17(19)18-7-3-5-9-20(18)21/h2-11,16,21,23,25-26,28,36-37H,12-15H2,1H3,(H2,30,31)(H,32,38)/t23-,25-,26-,28?/m1/s1. The van der Waals surface area contributed by atoms with E-state index in [4.69, 9.17) is 15.2 Å². The van der Waals surface area contributed by atoms with E-state index in [-0.39, 0.29) is 12.5 Å². The van der Waals surface area contributed by atoms with Crippen LogP contribution in [0.15, 0.2) is 67.1 Å². The number of carbonyl (C=O) groups excluding carboxylic acids is 1. The number of nitrogens with zero attached hydrogens (tertiary/aromatic N) is 4. The fourth-order valence-electron chi connectivity index (χ4n) is 5.65. The van der Waals surface area contributed by atoms with Gasteiger partial charge in [0, 0.05) is 31.7 Å². The van der Waals surface area contributed by atoms with Crippen LogP contribution in [0, 0.1) is 0 Å². The number of aromatic nitrogens is 3. The summed E-state index contributed by atoms with van der Waals surface area (Å²) in [5, 5.41) is 24.1. The molecule has 11 nitrogen and oxygen atoms in total. The van der Waals surface area contributed by atoms with Crippen LogP contribution in [0.25, 0.3) is 22.3 Å². The Morgan fingerprint density at radius 3 is 2.50 bits per heavy atom. The van der Waals surface area contributed by atoms with E-state index in [0.29, 0.717) is 36.5 Å². The van der Waals surface area contributed by atoms with Gasteiger partial charge in [-0.05, 0) is 35.4 Å². The van der Waals surface area contributed by atoms with Crippen molar-refractivity contribution >= 4 is 22.9 Å². The Morgan fingerprint density at radius 1 is 1.07 bits per heavy atom. The average molecular weight is 545 g/mol. The third-order valence-electron chi connectivity index (χ3n) is 7.70. The maximum atomic E-state index is 12.5. The number of alkyl carbamates (subject to hydrolysis) is 1. The van der Waals surface area contributed by atoms with Gasteiger partial charge in [0.1, 0.15) is 30.4 Å². The summed E-state index contributed by atoms with van der Waals surface area (Å²) in [6, 6.07) is 18.1. The highest BCUT2D eigenvalue weighted by molar-refractivity contribution is 5.83. The zero-order valence-corrected chi connectivity index (χ0v) is 22.1. The Bertz CT molecular complexity index is 1480. The fourth-order valence-corrected chi connectivity index (χ4v) is 5.65. The molecule has 3 heterocycles. The molecule has 2 aliphatic rings. The Hall–Kier alpha value is -4.03. The molecule has 0 spiro atoms. The molecule has 0 radical (unpaired) electrons. The lowest BCUT2D eigenvalue weighted by Gasteiger charge is -2.23. The number of likely N-dealkylation sites (N-methyl/N-ethyl adjacent to an activating group) is 1. The third-order valence-corrected chi connectivity index (χ3v) is 7.70. The molecule has 1 fully saturated rings. The van der Waals surface area contributed by atoms with Crippen LogP contribution in [-0.2, 0) is 9.47 Å². The molecule has 11 heteroatoms. The number of nitrogen functional groups attached to an aromatic ring is 1. The lowest BCUT2D eigenvalue weighted by Crippen LogP contribution is -2.41. The highest BCUT2D eigenvalue weighted by Crippen LogP contribution is 2.44. The number of nitrogens with two attached hydrogens (primary N) is 1. The van der Waals surface area contributed by atoms with Crippen LogP contribution in [0.1, 0.15) is 23.3 Å². The van der Waals surface area contributed by atoms with Crippen LogP contribution >= 0.6 is 0 Å². The number of benzene rings is 2. The number of carbonyl (C=O) groups is 1. The van der Waals surface area contributed by atoms with Gasteiger partial charge in [0.25, 0.3) is 0 Å². The van der Waals surface area contributed by atoms with Crippen molar-refractivity contribution in [2.75, 3.05) is 39.0 Å². The fraction of sp³-hybridized carbons (Fsp3) is 0.345. The van der Waals surface area contributed by atoms with E-state index in [1.54, 1.807) is 16.8 Å². The zero-order chi connectivity index (χ0) is 27.8. The second kappa shape index (κ2) is 10.9. The molecular formula is C29H32N6O5. The lowest BCUT2D eigenvalue weighted by molar-refractivity contribution is -0.0420. The summed E-state index contributed by atoms with van der Waals surface area (Å²) < 4.78 is 13.2. The van der Waals surface area contributed by atoms with Crippen LogP contribution in [0.2, 0.25) is 0 Å². The van der Waals surface area contributed by atoms with E-state index in [9.17, 15) is 15.0 Å². The van der Waals surface area contributed by atoms with Gasteiger partial charge in [-0.1, -0.05) is 48.5 Å². The smallest absolute Gasteiger partial charge is 0.407 e. The summed E-state index contributed by atoms with van der Waals surface area (Å²) >= 11 is 0. The first kappa shape index (κ1) is 26.2. The molecule has 4 aromatic rings. The first-order chi connectivity index (χ1) is 19.4. The molecule has 1 amide bonds. The molecule has 6 rings (SSSR count). The third kappa shape index (κ3) is 4.77. The number of amides is 1. The summed E-state index contributed by atoms with van der Waals surface area (Å²) in [6.45, 7) is 1.42. The summed E-state index contributed by atoms with van der Waals surface area (Å²) in [4.78, 5) is 23.0. The Kier molecular flexibility index (Phi) is 7.11. The molecular weight excluding hydrogens is 512 g/mol. The molecule has 1 aliphatic carbocycles. The number of pyridine rings is 1. The maximum absolute atomic E-state index is 12.5. The molecule has 2 aromatic carbocycles. The first-order valence-corrected chi connectivity index (χ1v) is 13.3. The Morgan fingerprint density at radius 2 is 1.77 bits per heavy atom. The number of aliphatic hydroxyl groups excluding tert-OH is 2. The van der Waals surface area contributed by atoms with Gasteiger partial charge in [-0.25, -0.2) is 14.8 Å². The minimum atomic E-state index is -1.17. The van der Waals surface area contributed by atoms with Crippen LogP contribution in [0.5, 0.6) is 0 Å². The summed E-state index contributed by atoms with van der Waals surface area (Å²) in [5.74, 6) is 0.000424. The SMILES string of the molecule is CN(CCNC(=O)OCC1c2ccccc2-c2ccccc21)C[C@H]1OC(n2cnc3c(N)ccnc32)[C@H](O)[C@@H]1O. The largest absolute Gasteiger partial charge is 0.449 e. The topological polar surface area (TPSA) is 148 Å².